The number of nitrogens with zero attached hydrogens (tertiary/aromatic N) is 4. The zero-order chi connectivity index (χ0) is 9.90. The number of rotatable bonds is 4. The molecule has 0 aliphatic carbocycles. The molecule has 0 fully saturated rings. The molecule has 3 N–H and O–H groups in total. The molecule has 0 bridgehead atoms. The fourth-order valence-electron chi connectivity index (χ4n) is 1.13. The molecule has 0 aliphatic heterocycles. The van der Waals surface area contributed by atoms with Crippen molar-refractivity contribution in [2.24, 2.45) is 12.8 Å². The Hall–Kier alpha value is -1.01. The van der Waals surface area contributed by atoms with Crippen LogP contribution in [-0.4, -0.2) is 37.5 Å². The summed E-state index contributed by atoms with van der Waals surface area (Å²) in [5, 5.41) is 21.2. The Balaban J connectivity index is 2.57. The topological polar surface area (TPSA) is 89.8 Å². The molecule has 0 aromatic carbocycles. The largest absolute Gasteiger partial charge is 0.390 e. The Morgan fingerprint density at radius 3 is 2.77 bits per heavy atom. The molecule has 1 aromatic rings. The van der Waals surface area contributed by atoms with Crippen LogP contribution in [0.2, 0.25) is 0 Å². The van der Waals surface area contributed by atoms with Crippen molar-refractivity contribution in [1.29, 1.82) is 0 Å². The molecule has 0 radical (unpaired) electrons. The summed E-state index contributed by atoms with van der Waals surface area (Å²) in [6.45, 7) is 2.17. The van der Waals surface area contributed by atoms with E-state index in [4.69, 9.17) is 5.73 Å². The van der Waals surface area contributed by atoms with Crippen molar-refractivity contribution in [3.05, 3.63) is 5.82 Å². The summed E-state index contributed by atoms with van der Waals surface area (Å²) < 4.78 is 0. The summed E-state index contributed by atoms with van der Waals surface area (Å²) in [4.78, 5) is 1.37. The molecule has 1 unspecified atom stereocenters. The molecule has 0 aliphatic rings. The van der Waals surface area contributed by atoms with Gasteiger partial charge in [0.2, 0.25) is 0 Å². The molecule has 1 atom stereocenters. The van der Waals surface area contributed by atoms with Crippen molar-refractivity contribution in [2.75, 3.05) is 6.54 Å². The van der Waals surface area contributed by atoms with Gasteiger partial charge in [-0.15, -0.1) is 10.2 Å². The smallest absolute Gasteiger partial charge is 0.177 e. The first-order valence-corrected chi connectivity index (χ1v) is 4.19. The van der Waals surface area contributed by atoms with Crippen molar-refractivity contribution in [3.63, 3.8) is 0 Å². The second-order valence-corrected chi connectivity index (χ2v) is 3.41. The maximum absolute atomic E-state index is 9.78. The van der Waals surface area contributed by atoms with Crippen LogP contribution in [0.3, 0.4) is 0 Å². The maximum Gasteiger partial charge on any atom is 0.177 e. The predicted octanol–water partition coefficient (Wildman–Crippen LogP) is -1.15. The van der Waals surface area contributed by atoms with E-state index < -0.39 is 5.60 Å². The second-order valence-electron chi connectivity index (χ2n) is 3.41. The number of aromatic nitrogens is 4. The molecule has 1 aromatic heterocycles. The van der Waals surface area contributed by atoms with Gasteiger partial charge in [0.15, 0.2) is 5.82 Å². The summed E-state index contributed by atoms with van der Waals surface area (Å²) in [5.74, 6) is 0.543. The van der Waals surface area contributed by atoms with Gasteiger partial charge in [-0.25, -0.2) is 0 Å². The van der Waals surface area contributed by atoms with E-state index in [2.05, 4.69) is 15.4 Å². The van der Waals surface area contributed by atoms with Crippen LogP contribution < -0.4 is 5.73 Å². The van der Waals surface area contributed by atoms with Gasteiger partial charge in [-0.3, -0.25) is 0 Å². The van der Waals surface area contributed by atoms with Gasteiger partial charge in [-0.05, 0) is 25.1 Å². The van der Waals surface area contributed by atoms with Gasteiger partial charge < -0.3 is 10.8 Å². The van der Waals surface area contributed by atoms with Crippen LogP contribution in [0.5, 0.6) is 0 Å². The third kappa shape index (κ3) is 3.08. The first-order chi connectivity index (χ1) is 6.03. The number of aryl methyl sites for hydroxylation is 1. The molecule has 74 valence electrons. The molecule has 6 heteroatoms. The van der Waals surface area contributed by atoms with E-state index in [0.717, 1.165) is 0 Å². The zero-order valence-electron chi connectivity index (χ0n) is 7.93. The zero-order valence-corrected chi connectivity index (χ0v) is 7.93. The van der Waals surface area contributed by atoms with Gasteiger partial charge >= 0.3 is 0 Å². The third-order valence-corrected chi connectivity index (χ3v) is 1.77. The van der Waals surface area contributed by atoms with Gasteiger partial charge in [0, 0.05) is 6.42 Å². The summed E-state index contributed by atoms with van der Waals surface area (Å²) in [7, 11) is 1.69. The number of aliphatic hydroxyl groups is 1. The molecule has 0 saturated heterocycles. The minimum absolute atomic E-state index is 0.387. The second kappa shape index (κ2) is 3.80. The molecule has 6 nitrogen and oxygen atoms in total. The minimum Gasteiger partial charge on any atom is -0.390 e. The van der Waals surface area contributed by atoms with Crippen LogP contribution in [0.1, 0.15) is 19.2 Å². The quantitative estimate of drug-likeness (QED) is 0.618. The molecule has 0 saturated carbocycles. The number of tetrazole rings is 1. The summed E-state index contributed by atoms with van der Waals surface area (Å²) >= 11 is 0. The van der Waals surface area contributed by atoms with Gasteiger partial charge in [0.1, 0.15) is 0 Å². The Bertz CT molecular complexity index is 270. The normalized spacial score (nSPS) is 15.7. The molecule has 0 spiro atoms. The van der Waals surface area contributed by atoms with Gasteiger partial charge in [0.25, 0.3) is 0 Å². The summed E-state index contributed by atoms with van der Waals surface area (Å²) in [6.07, 6.45) is 0.920. The molecule has 0 amide bonds. The van der Waals surface area contributed by atoms with Crippen LogP contribution in [0.25, 0.3) is 0 Å². The Morgan fingerprint density at radius 1 is 1.62 bits per heavy atom. The van der Waals surface area contributed by atoms with Crippen LogP contribution >= 0.6 is 0 Å². The van der Waals surface area contributed by atoms with E-state index in [1.807, 2.05) is 0 Å². The van der Waals surface area contributed by atoms with E-state index in [1.165, 1.54) is 4.80 Å². The van der Waals surface area contributed by atoms with Crippen molar-refractivity contribution < 1.29 is 5.11 Å². The SMILES string of the molecule is Cn1nnc(CC(C)(O)CCN)n1. The molecule has 1 rings (SSSR count). The van der Waals surface area contributed by atoms with Crippen LogP contribution in [0.4, 0.5) is 0 Å². The lowest BCUT2D eigenvalue weighted by Gasteiger charge is -2.19. The van der Waals surface area contributed by atoms with Crippen molar-refractivity contribution in [3.8, 4) is 0 Å². The summed E-state index contributed by atoms with van der Waals surface area (Å²) in [6, 6.07) is 0. The Morgan fingerprint density at radius 2 is 2.31 bits per heavy atom. The average Bonchev–Trinajstić information content (AvgIpc) is 2.34. The van der Waals surface area contributed by atoms with Crippen molar-refractivity contribution in [1.82, 2.24) is 20.2 Å². The Labute approximate surface area is 76.7 Å². The van der Waals surface area contributed by atoms with Crippen molar-refractivity contribution in [2.45, 2.75) is 25.4 Å². The highest BCUT2D eigenvalue weighted by Crippen LogP contribution is 2.12. The van der Waals surface area contributed by atoms with Crippen LogP contribution in [-0.2, 0) is 13.5 Å². The number of nitrogens with two attached hydrogens (primary N) is 1. The van der Waals surface area contributed by atoms with E-state index in [-0.39, 0.29) is 0 Å². The van der Waals surface area contributed by atoms with Crippen molar-refractivity contribution >= 4 is 0 Å². The monoisotopic (exact) mass is 185 g/mol. The lowest BCUT2D eigenvalue weighted by atomic mass is 9.98. The lowest BCUT2D eigenvalue weighted by Crippen LogP contribution is -2.30. The van der Waals surface area contributed by atoms with Crippen LogP contribution in [0, 0.1) is 0 Å². The average molecular weight is 185 g/mol. The van der Waals surface area contributed by atoms with Gasteiger partial charge in [0.05, 0.1) is 12.6 Å². The summed E-state index contributed by atoms with van der Waals surface area (Å²) in [5.41, 5.74) is 4.52. The first-order valence-electron chi connectivity index (χ1n) is 4.19. The van der Waals surface area contributed by atoms with E-state index in [0.29, 0.717) is 25.2 Å². The molecule has 1 heterocycles. The number of hydrogen-bond acceptors (Lipinski definition) is 5. The Kier molecular flexibility index (Phi) is 2.94. The molecular weight excluding hydrogens is 170 g/mol. The number of hydrogen-bond donors (Lipinski definition) is 2. The van der Waals surface area contributed by atoms with E-state index in [9.17, 15) is 5.11 Å². The predicted molar refractivity (Wildman–Crippen MR) is 46.8 cm³/mol. The van der Waals surface area contributed by atoms with Crippen LogP contribution in [0.15, 0.2) is 0 Å². The highest BCUT2D eigenvalue weighted by atomic mass is 16.3. The van der Waals surface area contributed by atoms with E-state index in [1.54, 1.807) is 14.0 Å². The third-order valence-electron chi connectivity index (χ3n) is 1.77. The maximum atomic E-state index is 9.78. The standard InChI is InChI=1S/C7H15N5O/c1-7(13,3-4-8)5-6-9-11-12(2)10-6/h13H,3-5,8H2,1-2H3. The fraction of sp³-hybridized carbons (Fsp3) is 0.857. The highest BCUT2D eigenvalue weighted by molar-refractivity contribution is 4.88. The molecular formula is C7H15N5O. The van der Waals surface area contributed by atoms with Gasteiger partial charge in [-0.2, -0.15) is 4.80 Å². The highest BCUT2D eigenvalue weighted by Gasteiger charge is 2.22. The lowest BCUT2D eigenvalue weighted by molar-refractivity contribution is 0.0518. The minimum atomic E-state index is -0.836. The van der Waals surface area contributed by atoms with Gasteiger partial charge in [-0.1, -0.05) is 0 Å². The molecule has 13 heavy (non-hydrogen) atoms. The van der Waals surface area contributed by atoms with E-state index >= 15 is 0 Å². The first kappa shape index (κ1) is 10.1. The fourth-order valence-corrected chi connectivity index (χ4v) is 1.13.